The summed E-state index contributed by atoms with van der Waals surface area (Å²) >= 11 is 0. The highest BCUT2D eigenvalue weighted by Crippen LogP contribution is 2.03. The molecule has 0 saturated carbocycles. The number of hydrogen-bond acceptors (Lipinski definition) is 2. The van der Waals surface area contributed by atoms with E-state index in [1.165, 1.54) is 5.56 Å². The molecule has 0 aromatic heterocycles. The van der Waals surface area contributed by atoms with Gasteiger partial charge in [0.15, 0.2) is 0 Å². The van der Waals surface area contributed by atoms with Crippen molar-refractivity contribution in [1.29, 1.82) is 0 Å². The lowest BCUT2D eigenvalue weighted by Crippen LogP contribution is -2.35. The number of hydrogen-bond donors (Lipinski definition) is 1. The van der Waals surface area contributed by atoms with Crippen molar-refractivity contribution in [3.63, 3.8) is 0 Å². The fraction of sp³-hybridized carbons (Fsp3) is 0.364. The van der Waals surface area contributed by atoms with Gasteiger partial charge in [0.05, 0.1) is 0 Å². The molecule has 3 heteroatoms. The number of carbonyl (C=O) groups is 1. The Labute approximate surface area is 83.7 Å². The van der Waals surface area contributed by atoms with Crippen molar-refractivity contribution >= 4 is 5.91 Å². The van der Waals surface area contributed by atoms with E-state index in [1.54, 1.807) is 5.01 Å². The predicted molar refractivity (Wildman–Crippen MR) is 54.5 cm³/mol. The van der Waals surface area contributed by atoms with Crippen LogP contribution in [0, 0.1) is 0 Å². The Morgan fingerprint density at radius 3 is 2.71 bits per heavy atom. The molecule has 3 nitrogen and oxygen atoms in total. The summed E-state index contributed by atoms with van der Waals surface area (Å²) in [4.78, 5) is 11.3. The van der Waals surface area contributed by atoms with Crippen molar-refractivity contribution in [3.05, 3.63) is 35.9 Å². The predicted octanol–water partition coefficient (Wildman–Crippen LogP) is 0.966. The molecule has 1 aliphatic rings. The van der Waals surface area contributed by atoms with Gasteiger partial charge in [0.25, 0.3) is 0 Å². The first-order valence-electron chi connectivity index (χ1n) is 4.94. The number of benzene rings is 1. The van der Waals surface area contributed by atoms with Gasteiger partial charge in [0.2, 0.25) is 5.91 Å². The van der Waals surface area contributed by atoms with Crippen LogP contribution in [-0.4, -0.2) is 24.0 Å². The summed E-state index contributed by atoms with van der Waals surface area (Å²) in [7, 11) is 0. The van der Waals surface area contributed by atoms with E-state index < -0.39 is 0 Å². The van der Waals surface area contributed by atoms with Crippen LogP contribution in [0.1, 0.15) is 12.0 Å². The van der Waals surface area contributed by atoms with Crippen LogP contribution in [0.4, 0.5) is 0 Å². The average Bonchev–Trinajstić information content (AvgIpc) is 2.63. The van der Waals surface area contributed by atoms with E-state index >= 15 is 0 Å². The zero-order chi connectivity index (χ0) is 9.80. The highest BCUT2D eigenvalue weighted by molar-refractivity contribution is 5.77. The van der Waals surface area contributed by atoms with Crippen LogP contribution in [0.15, 0.2) is 30.3 Å². The summed E-state index contributed by atoms with van der Waals surface area (Å²) in [6.07, 6.45) is 1.55. The van der Waals surface area contributed by atoms with Gasteiger partial charge in [-0.15, -0.1) is 0 Å². The van der Waals surface area contributed by atoms with Crippen LogP contribution in [0.25, 0.3) is 0 Å². The maximum absolute atomic E-state index is 11.3. The fourth-order valence-electron chi connectivity index (χ4n) is 1.61. The van der Waals surface area contributed by atoms with Crippen LogP contribution < -0.4 is 5.43 Å². The molecular weight excluding hydrogens is 176 g/mol. The van der Waals surface area contributed by atoms with E-state index in [9.17, 15) is 4.79 Å². The SMILES string of the molecule is O=C1CCNN1CCc1ccccc1. The minimum Gasteiger partial charge on any atom is -0.278 e. The number of rotatable bonds is 3. The van der Waals surface area contributed by atoms with E-state index in [4.69, 9.17) is 0 Å². The molecular formula is C11H14N2O. The molecule has 0 bridgehead atoms. The first-order chi connectivity index (χ1) is 6.86. The van der Waals surface area contributed by atoms with Crippen LogP contribution in [-0.2, 0) is 11.2 Å². The van der Waals surface area contributed by atoms with Crippen LogP contribution in [0.3, 0.4) is 0 Å². The molecule has 1 amide bonds. The van der Waals surface area contributed by atoms with Crippen LogP contribution in [0.5, 0.6) is 0 Å². The van der Waals surface area contributed by atoms with E-state index in [2.05, 4.69) is 17.6 Å². The Morgan fingerprint density at radius 2 is 2.07 bits per heavy atom. The number of amides is 1. The average molecular weight is 190 g/mol. The monoisotopic (exact) mass is 190 g/mol. The molecule has 0 aliphatic carbocycles. The van der Waals surface area contributed by atoms with E-state index in [1.807, 2.05) is 18.2 Å². The largest absolute Gasteiger partial charge is 0.278 e. The van der Waals surface area contributed by atoms with Gasteiger partial charge in [0, 0.05) is 19.5 Å². The van der Waals surface area contributed by atoms with Gasteiger partial charge < -0.3 is 0 Å². The minimum absolute atomic E-state index is 0.209. The highest BCUT2D eigenvalue weighted by Gasteiger charge is 2.18. The number of carbonyl (C=O) groups excluding carboxylic acids is 1. The van der Waals surface area contributed by atoms with Gasteiger partial charge >= 0.3 is 0 Å². The smallest absolute Gasteiger partial charge is 0.238 e. The zero-order valence-electron chi connectivity index (χ0n) is 8.07. The quantitative estimate of drug-likeness (QED) is 0.770. The Bertz CT molecular complexity index is 310. The second kappa shape index (κ2) is 4.24. The van der Waals surface area contributed by atoms with E-state index in [-0.39, 0.29) is 5.91 Å². The summed E-state index contributed by atoms with van der Waals surface area (Å²) in [6.45, 7) is 1.55. The summed E-state index contributed by atoms with van der Waals surface area (Å²) in [6, 6.07) is 10.2. The van der Waals surface area contributed by atoms with Crippen molar-refractivity contribution in [2.24, 2.45) is 0 Å². The molecule has 0 radical (unpaired) electrons. The standard InChI is InChI=1S/C11H14N2O/c14-11-6-8-12-13(11)9-7-10-4-2-1-3-5-10/h1-5,12H,6-9H2. The minimum atomic E-state index is 0.209. The number of nitrogens with zero attached hydrogens (tertiary/aromatic N) is 1. The lowest BCUT2D eigenvalue weighted by Gasteiger charge is -2.15. The molecule has 0 spiro atoms. The van der Waals surface area contributed by atoms with Gasteiger partial charge in [-0.05, 0) is 12.0 Å². The Kier molecular flexibility index (Phi) is 2.79. The zero-order valence-corrected chi connectivity index (χ0v) is 8.07. The summed E-state index contributed by atoms with van der Waals surface area (Å²) in [5, 5.41) is 1.72. The van der Waals surface area contributed by atoms with Gasteiger partial charge in [-0.1, -0.05) is 30.3 Å². The first kappa shape index (κ1) is 9.21. The summed E-state index contributed by atoms with van der Waals surface area (Å²) in [5.74, 6) is 0.209. The molecule has 14 heavy (non-hydrogen) atoms. The molecule has 1 N–H and O–H groups in total. The van der Waals surface area contributed by atoms with E-state index in [0.29, 0.717) is 6.42 Å². The number of nitrogens with one attached hydrogen (secondary N) is 1. The van der Waals surface area contributed by atoms with Gasteiger partial charge in [0.1, 0.15) is 0 Å². The third-order valence-corrected chi connectivity index (χ3v) is 2.41. The van der Waals surface area contributed by atoms with Crippen LogP contribution in [0.2, 0.25) is 0 Å². The van der Waals surface area contributed by atoms with Gasteiger partial charge in [-0.2, -0.15) is 0 Å². The van der Waals surface area contributed by atoms with Crippen molar-refractivity contribution in [2.75, 3.05) is 13.1 Å². The Morgan fingerprint density at radius 1 is 1.29 bits per heavy atom. The first-order valence-corrected chi connectivity index (χ1v) is 4.94. The molecule has 0 unspecified atom stereocenters. The summed E-state index contributed by atoms with van der Waals surface area (Å²) in [5.41, 5.74) is 4.33. The third kappa shape index (κ3) is 2.12. The molecule has 1 aliphatic heterocycles. The molecule has 1 heterocycles. The van der Waals surface area contributed by atoms with Gasteiger partial charge in [-0.25, -0.2) is 5.43 Å². The van der Waals surface area contributed by atoms with Crippen LogP contribution >= 0.6 is 0 Å². The van der Waals surface area contributed by atoms with Crippen molar-refractivity contribution < 1.29 is 4.79 Å². The molecule has 1 fully saturated rings. The normalized spacial score (nSPS) is 16.3. The van der Waals surface area contributed by atoms with Crippen molar-refractivity contribution in [3.8, 4) is 0 Å². The number of hydrazine groups is 1. The maximum atomic E-state index is 11.3. The Balaban J connectivity index is 1.85. The molecule has 0 atom stereocenters. The lowest BCUT2D eigenvalue weighted by molar-refractivity contribution is -0.129. The van der Waals surface area contributed by atoms with Gasteiger partial charge in [-0.3, -0.25) is 9.80 Å². The summed E-state index contributed by atoms with van der Waals surface area (Å²) < 4.78 is 0. The Hall–Kier alpha value is -1.35. The second-order valence-corrected chi connectivity index (χ2v) is 3.44. The second-order valence-electron chi connectivity index (χ2n) is 3.44. The molecule has 1 aromatic carbocycles. The van der Waals surface area contributed by atoms with Crippen molar-refractivity contribution in [1.82, 2.24) is 10.4 Å². The molecule has 1 aromatic rings. The highest BCUT2D eigenvalue weighted by atomic mass is 16.2. The lowest BCUT2D eigenvalue weighted by atomic mass is 10.1. The maximum Gasteiger partial charge on any atom is 0.238 e. The van der Waals surface area contributed by atoms with Crippen molar-refractivity contribution in [2.45, 2.75) is 12.8 Å². The fourth-order valence-corrected chi connectivity index (χ4v) is 1.61. The third-order valence-electron chi connectivity index (χ3n) is 2.41. The molecule has 74 valence electrons. The van der Waals surface area contributed by atoms with E-state index in [0.717, 1.165) is 19.5 Å². The molecule has 2 rings (SSSR count). The molecule has 1 saturated heterocycles. The topological polar surface area (TPSA) is 32.3 Å².